The van der Waals surface area contributed by atoms with Gasteiger partial charge in [0.25, 0.3) is 5.91 Å². The van der Waals surface area contributed by atoms with E-state index in [-0.39, 0.29) is 10.8 Å². The van der Waals surface area contributed by atoms with Gasteiger partial charge in [-0.1, -0.05) is 22.5 Å². The number of carbonyl (C=O) groups is 1. The summed E-state index contributed by atoms with van der Waals surface area (Å²) in [4.78, 5) is 11.8. The van der Waals surface area contributed by atoms with Crippen LogP contribution in [0.15, 0.2) is 40.2 Å². The molecule has 0 bridgehead atoms. The highest BCUT2D eigenvalue weighted by molar-refractivity contribution is 9.11. The van der Waals surface area contributed by atoms with Gasteiger partial charge in [-0.3, -0.25) is 4.79 Å². The Hall–Kier alpha value is -1.14. The first-order chi connectivity index (χ1) is 7.80. The Morgan fingerprint density at radius 3 is 2.29 bits per heavy atom. The van der Waals surface area contributed by atoms with Gasteiger partial charge in [-0.05, 0) is 24.3 Å². The van der Waals surface area contributed by atoms with Crippen LogP contribution in [0.3, 0.4) is 0 Å². The van der Waals surface area contributed by atoms with Gasteiger partial charge in [0.1, 0.15) is 0 Å². The lowest BCUT2D eigenvalue weighted by Crippen LogP contribution is -2.24. The Kier molecular flexibility index (Phi) is 4.47. The molecule has 0 aliphatic carbocycles. The van der Waals surface area contributed by atoms with E-state index in [2.05, 4.69) is 27.8 Å². The SMILES string of the molecule is C=C(Br)CNC(=O)c1ccc(S(C)(=O)=O)cc1. The zero-order valence-electron chi connectivity index (χ0n) is 9.23. The minimum absolute atomic E-state index is 0.193. The maximum atomic E-state index is 11.6. The lowest BCUT2D eigenvalue weighted by molar-refractivity contribution is 0.0957. The smallest absolute Gasteiger partial charge is 0.251 e. The fourth-order valence-corrected chi connectivity index (χ4v) is 1.90. The predicted molar refractivity (Wildman–Crippen MR) is 70.0 cm³/mol. The van der Waals surface area contributed by atoms with Crippen molar-refractivity contribution >= 4 is 31.7 Å². The molecule has 0 spiro atoms. The Morgan fingerprint density at radius 2 is 1.88 bits per heavy atom. The van der Waals surface area contributed by atoms with Crippen LogP contribution in [0.5, 0.6) is 0 Å². The monoisotopic (exact) mass is 317 g/mol. The summed E-state index contributed by atoms with van der Waals surface area (Å²) < 4.78 is 23.1. The van der Waals surface area contributed by atoms with Crippen molar-refractivity contribution in [3.63, 3.8) is 0 Å². The van der Waals surface area contributed by atoms with Gasteiger partial charge in [-0.2, -0.15) is 0 Å². The second-order valence-electron chi connectivity index (χ2n) is 3.50. The summed E-state index contributed by atoms with van der Waals surface area (Å²) >= 11 is 3.12. The first-order valence-electron chi connectivity index (χ1n) is 4.72. The van der Waals surface area contributed by atoms with Gasteiger partial charge in [0, 0.05) is 22.8 Å². The number of halogens is 1. The summed E-state index contributed by atoms with van der Waals surface area (Å²) in [6.45, 7) is 3.92. The van der Waals surface area contributed by atoms with Crippen LogP contribution in [0.25, 0.3) is 0 Å². The van der Waals surface area contributed by atoms with E-state index in [0.29, 0.717) is 16.6 Å². The number of hydrogen-bond acceptors (Lipinski definition) is 3. The summed E-state index contributed by atoms with van der Waals surface area (Å²) in [5.74, 6) is -0.273. The van der Waals surface area contributed by atoms with E-state index in [4.69, 9.17) is 0 Å². The lowest BCUT2D eigenvalue weighted by atomic mass is 10.2. The molecule has 92 valence electrons. The van der Waals surface area contributed by atoms with E-state index < -0.39 is 9.84 Å². The Bertz CT molecular complexity index is 534. The molecule has 0 fully saturated rings. The van der Waals surface area contributed by atoms with E-state index in [1.54, 1.807) is 0 Å². The minimum atomic E-state index is -3.22. The topological polar surface area (TPSA) is 63.2 Å². The third kappa shape index (κ3) is 4.32. The van der Waals surface area contributed by atoms with E-state index in [0.717, 1.165) is 6.26 Å². The quantitative estimate of drug-likeness (QED) is 0.919. The van der Waals surface area contributed by atoms with Crippen LogP contribution in [0, 0.1) is 0 Å². The van der Waals surface area contributed by atoms with Gasteiger partial charge in [0.05, 0.1) is 4.90 Å². The fourth-order valence-electron chi connectivity index (χ4n) is 1.13. The summed E-state index contributed by atoms with van der Waals surface area (Å²) in [5, 5.41) is 2.62. The van der Waals surface area contributed by atoms with E-state index in [9.17, 15) is 13.2 Å². The van der Waals surface area contributed by atoms with Gasteiger partial charge < -0.3 is 5.32 Å². The highest BCUT2D eigenvalue weighted by atomic mass is 79.9. The number of nitrogens with one attached hydrogen (secondary N) is 1. The summed E-state index contributed by atoms with van der Waals surface area (Å²) in [5.41, 5.74) is 0.408. The van der Waals surface area contributed by atoms with Crippen molar-refractivity contribution < 1.29 is 13.2 Å². The number of rotatable bonds is 4. The molecule has 0 saturated carbocycles. The Morgan fingerprint density at radius 1 is 1.35 bits per heavy atom. The van der Waals surface area contributed by atoms with Crippen molar-refractivity contribution in [3.8, 4) is 0 Å². The normalized spacial score (nSPS) is 10.9. The molecule has 0 aromatic heterocycles. The molecular weight excluding hydrogens is 306 g/mol. The predicted octanol–water partition coefficient (Wildman–Crippen LogP) is 1.73. The van der Waals surface area contributed by atoms with Gasteiger partial charge in [0.2, 0.25) is 0 Å². The zero-order valence-corrected chi connectivity index (χ0v) is 11.6. The van der Waals surface area contributed by atoms with E-state index in [1.165, 1.54) is 24.3 Å². The number of benzene rings is 1. The van der Waals surface area contributed by atoms with Crippen LogP contribution >= 0.6 is 15.9 Å². The molecule has 1 rings (SSSR count). The van der Waals surface area contributed by atoms with E-state index >= 15 is 0 Å². The second-order valence-corrected chi connectivity index (χ2v) is 6.63. The van der Waals surface area contributed by atoms with Crippen LogP contribution in [0.2, 0.25) is 0 Å². The third-order valence-corrected chi connectivity index (χ3v) is 3.39. The molecular formula is C11H12BrNO3S. The molecule has 0 heterocycles. The third-order valence-electron chi connectivity index (χ3n) is 1.99. The van der Waals surface area contributed by atoms with Gasteiger partial charge in [-0.15, -0.1) is 0 Å². The summed E-state index contributed by atoms with van der Waals surface area (Å²) in [6.07, 6.45) is 1.12. The first kappa shape index (κ1) is 13.9. The maximum Gasteiger partial charge on any atom is 0.251 e. The molecule has 0 aliphatic heterocycles. The second kappa shape index (κ2) is 5.46. The highest BCUT2D eigenvalue weighted by Gasteiger charge is 2.09. The lowest BCUT2D eigenvalue weighted by Gasteiger charge is -2.04. The van der Waals surface area contributed by atoms with Crippen molar-refractivity contribution in [2.24, 2.45) is 0 Å². The molecule has 4 nitrogen and oxygen atoms in total. The van der Waals surface area contributed by atoms with Crippen LogP contribution in [0.1, 0.15) is 10.4 Å². The highest BCUT2D eigenvalue weighted by Crippen LogP contribution is 2.10. The molecule has 1 N–H and O–H groups in total. The first-order valence-corrected chi connectivity index (χ1v) is 7.41. The van der Waals surface area contributed by atoms with Crippen molar-refractivity contribution in [1.82, 2.24) is 5.32 Å². The molecule has 0 atom stereocenters. The van der Waals surface area contributed by atoms with E-state index in [1.807, 2.05) is 0 Å². The number of amides is 1. The standard InChI is InChI=1S/C11H12BrNO3S/c1-8(12)7-13-11(14)9-3-5-10(6-4-9)17(2,15)16/h3-6H,1,7H2,2H3,(H,13,14). The van der Waals surface area contributed by atoms with Crippen molar-refractivity contribution in [3.05, 3.63) is 40.9 Å². The van der Waals surface area contributed by atoms with Crippen molar-refractivity contribution in [2.75, 3.05) is 12.8 Å². The van der Waals surface area contributed by atoms with Crippen molar-refractivity contribution in [1.29, 1.82) is 0 Å². The molecule has 1 aromatic carbocycles. The molecule has 6 heteroatoms. The Labute approximate surface area is 109 Å². The Balaban J connectivity index is 2.81. The van der Waals surface area contributed by atoms with Crippen LogP contribution in [-0.2, 0) is 9.84 Å². The van der Waals surface area contributed by atoms with Crippen molar-refractivity contribution in [2.45, 2.75) is 4.90 Å². The molecule has 0 radical (unpaired) electrons. The maximum absolute atomic E-state index is 11.6. The largest absolute Gasteiger partial charge is 0.347 e. The molecule has 17 heavy (non-hydrogen) atoms. The molecule has 0 aliphatic rings. The molecule has 1 aromatic rings. The fraction of sp³-hybridized carbons (Fsp3) is 0.182. The van der Waals surface area contributed by atoms with Crippen LogP contribution < -0.4 is 5.32 Å². The van der Waals surface area contributed by atoms with Gasteiger partial charge in [-0.25, -0.2) is 8.42 Å². The summed E-state index contributed by atoms with van der Waals surface area (Å²) in [6, 6.07) is 5.77. The minimum Gasteiger partial charge on any atom is -0.347 e. The number of hydrogen-bond donors (Lipinski definition) is 1. The summed E-state index contributed by atoms with van der Waals surface area (Å²) in [7, 11) is -3.22. The number of carbonyl (C=O) groups excluding carboxylic acids is 1. The molecule has 0 unspecified atom stereocenters. The van der Waals surface area contributed by atoms with Crippen LogP contribution in [-0.4, -0.2) is 27.1 Å². The average molecular weight is 318 g/mol. The van der Waals surface area contributed by atoms with Crippen LogP contribution in [0.4, 0.5) is 0 Å². The average Bonchev–Trinajstić information content (AvgIpc) is 2.25. The van der Waals surface area contributed by atoms with Gasteiger partial charge >= 0.3 is 0 Å². The zero-order chi connectivity index (χ0) is 13.1. The molecule has 1 amide bonds. The van der Waals surface area contributed by atoms with Gasteiger partial charge in [0.15, 0.2) is 9.84 Å². The number of sulfone groups is 1. The molecule has 0 saturated heterocycles.